The lowest BCUT2D eigenvalue weighted by Crippen LogP contribution is -2.00. The number of hydrogen-bond donors (Lipinski definition) is 0. The van der Waals surface area contributed by atoms with Crippen molar-refractivity contribution < 1.29 is 14.3 Å². The number of hydrogen-bond acceptors (Lipinski definition) is 4. The first-order chi connectivity index (χ1) is 14.2. The van der Waals surface area contributed by atoms with Crippen molar-refractivity contribution in [2.24, 2.45) is 0 Å². The molecule has 0 aromatic heterocycles. The minimum atomic E-state index is -0.324. The van der Waals surface area contributed by atoms with Crippen molar-refractivity contribution in [1.29, 1.82) is 0 Å². The number of methoxy groups -OCH3 is 1. The van der Waals surface area contributed by atoms with Crippen LogP contribution < -0.4 is 4.74 Å². The van der Waals surface area contributed by atoms with Crippen LogP contribution in [0, 0.1) is 0 Å². The summed E-state index contributed by atoms with van der Waals surface area (Å²) in [4.78, 5) is 12.7. The second-order valence-corrected chi connectivity index (χ2v) is 7.35. The summed E-state index contributed by atoms with van der Waals surface area (Å²) in [5, 5.41) is 0. The highest BCUT2D eigenvalue weighted by Crippen LogP contribution is 2.26. The Morgan fingerprint density at radius 1 is 1.00 bits per heavy atom. The molecule has 0 radical (unpaired) electrons. The maximum atomic E-state index is 11.5. The van der Waals surface area contributed by atoms with Crippen LogP contribution in [0.5, 0.6) is 5.75 Å². The van der Waals surface area contributed by atoms with Gasteiger partial charge in [0.15, 0.2) is 0 Å². The molecule has 0 heterocycles. The molecular weight excluding hydrogens is 380 g/mol. The molecule has 0 saturated carbocycles. The van der Waals surface area contributed by atoms with E-state index >= 15 is 0 Å². The van der Waals surface area contributed by atoms with Crippen LogP contribution in [0.15, 0.2) is 83.8 Å². The van der Waals surface area contributed by atoms with Crippen LogP contribution in [-0.2, 0) is 17.8 Å². The van der Waals surface area contributed by atoms with Crippen molar-refractivity contribution in [3.63, 3.8) is 0 Å². The topological polar surface area (TPSA) is 35.5 Å². The number of thioether (sulfide) groups is 1. The fourth-order valence-electron chi connectivity index (χ4n) is 2.89. The molecule has 0 fully saturated rings. The van der Waals surface area contributed by atoms with Gasteiger partial charge in [0.1, 0.15) is 12.4 Å². The van der Waals surface area contributed by atoms with Crippen LogP contribution in [0.1, 0.15) is 27.0 Å². The highest BCUT2D eigenvalue weighted by molar-refractivity contribution is 7.98. The molecule has 0 atom stereocenters. The number of benzene rings is 3. The van der Waals surface area contributed by atoms with Crippen LogP contribution >= 0.6 is 11.8 Å². The summed E-state index contributed by atoms with van der Waals surface area (Å²) in [6.07, 6.45) is 7.00. The van der Waals surface area contributed by atoms with Gasteiger partial charge in [0, 0.05) is 4.90 Å². The minimum Gasteiger partial charge on any atom is -0.489 e. The van der Waals surface area contributed by atoms with Crippen molar-refractivity contribution in [2.45, 2.75) is 17.9 Å². The van der Waals surface area contributed by atoms with E-state index in [2.05, 4.69) is 36.6 Å². The molecule has 0 saturated heterocycles. The number of allylic oxidation sites excluding steroid dienone is 1. The van der Waals surface area contributed by atoms with E-state index in [1.807, 2.05) is 42.5 Å². The van der Waals surface area contributed by atoms with E-state index in [4.69, 9.17) is 9.47 Å². The molecule has 0 N–H and O–H groups in total. The smallest absolute Gasteiger partial charge is 0.337 e. The molecule has 0 bridgehead atoms. The molecule has 0 unspecified atom stereocenters. The van der Waals surface area contributed by atoms with Crippen molar-refractivity contribution in [1.82, 2.24) is 0 Å². The maximum Gasteiger partial charge on any atom is 0.337 e. The number of esters is 1. The van der Waals surface area contributed by atoms with Crippen molar-refractivity contribution in [3.8, 4) is 5.75 Å². The zero-order valence-corrected chi connectivity index (χ0v) is 17.4. The lowest BCUT2D eigenvalue weighted by molar-refractivity contribution is 0.0600. The Kier molecular flexibility index (Phi) is 7.54. The third-order valence-corrected chi connectivity index (χ3v) is 5.21. The Balaban J connectivity index is 1.69. The van der Waals surface area contributed by atoms with E-state index in [-0.39, 0.29) is 5.97 Å². The van der Waals surface area contributed by atoms with E-state index in [0.29, 0.717) is 12.2 Å². The first-order valence-electron chi connectivity index (χ1n) is 9.38. The lowest BCUT2D eigenvalue weighted by Gasteiger charge is -2.12. The molecule has 0 aliphatic rings. The minimum absolute atomic E-state index is 0.324. The number of rotatable bonds is 8. The van der Waals surface area contributed by atoms with Gasteiger partial charge in [-0.1, -0.05) is 54.6 Å². The quantitative estimate of drug-likeness (QED) is 0.339. The monoisotopic (exact) mass is 404 g/mol. The van der Waals surface area contributed by atoms with E-state index in [9.17, 15) is 4.79 Å². The Morgan fingerprint density at radius 3 is 2.45 bits per heavy atom. The molecule has 3 aromatic carbocycles. The molecule has 3 nitrogen and oxygen atoms in total. The average Bonchev–Trinajstić information content (AvgIpc) is 2.78. The Labute approximate surface area is 176 Å². The van der Waals surface area contributed by atoms with Gasteiger partial charge in [-0.15, -0.1) is 11.8 Å². The van der Waals surface area contributed by atoms with E-state index < -0.39 is 0 Å². The van der Waals surface area contributed by atoms with Crippen LogP contribution in [0.4, 0.5) is 0 Å². The highest BCUT2D eigenvalue weighted by atomic mass is 32.2. The first kappa shape index (κ1) is 20.7. The lowest BCUT2D eigenvalue weighted by atomic mass is 10.1. The van der Waals surface area contributed by atoms with Gasteiger partial charge in [-0.05, 0) is 59.7 Å². The second kappa shape index (κ2) is 10.5. The number of ether oxygens (including phenoxy) is 2. The van der Waals surface area contributed by atoms with Gasteiger partial charge in [-0.2, -0.15) is 0 Å². The normalized spacial score (nSPS) is 10.8. The van der Waals surface area contributed by atoms with Crippen LogP contribution in [0.25, 0.3) is 6.08 Å². The summed E-state index contributed by atoms with van der Waals surface area (Å²) in [6.45, 7) is 0.547. The largest absolute Gasteiger partial charge is 0.489 e. The maximum absolute atomic E-state index is 11.5. The van der Waals surface area contributed by atoms with Gasteiger partial charge in [-0.3, -0.25) is 0 Å². The average molecular weight is 405 g/mol. The third kappa shape index (κ3) is 6.00. The molecule has 3 aromatic rings. The van der Waals surface area contributed by atoms with Crippen LogP contribution in [-0.4, -0.2) is 19.3 Å². The van der Waals surface area contributed by atoms with Gasteiger partial charge in [0.2, 0.25) is 0 Å². The van der Waals surface area contributed by atoms with Gasteiger partial charge >= 0.3 is 5.97 Å². The molecule has 148 valence electrons. The number of carbonyl (C=O) groups excluding carboxylic acids is 1. The predicted octanol–water partition coefficient (Wildman–Crippen LogP) is 6.03. The molecule has 3 rings (SSSR count). The summed E-state index contributed by atoms with van der Waals surface area (Å²) in [7, 11) is 1.39. The molecule has 0 aliphatic heterocycles. The van der Waals surface area contributed by atoms with Crippen LogP contribution in [0.2, 0.25) is 0 Å². The standard InChI is InChI=1S/C25H24O3S/c1-27-25(26)21-13-11-19(12-14-21)9-6-10-22-17-23(29-2)15-16-24(22)28-18-20-7-4-3-5-8-20/h3-9,11-17H,10,18H2,1-2H3/b9-6-. The van der Waals surface area contributed by atoms with Gasteiger partial charge < -0.3 is 9.47 Å². The fourth-order valence-corrected chi connectivity index (χ4v) is 3.35. The second-order valence-electron chi connectivity index (χ2n) is 6.47. The SMILES string of the molecule is COC(=O)c1ccc(/C=C\Cc2cc(SC)ccc2OCc2ccccc2)cc1. The van der Waals surface area contributed by atoms with Crippen molar-refractivity contribution in [3.05, 3.63) is 101 Å². The zero-order chi connectivity index (χ0) is 20.5. The van der Waals surface area contributed by atoms with Gasteiger partial charge in [0.05, 0.1) is 12.7 Å². The molecule has 29 heavy (non-hydrogen) atoms. The fraction of sp³-hybridized carbons (Fsp3) is 0.160. The van der Waals surface area contributed by atoms with E-state index in [0.717, 1.165) is 28.9 Å². The van der Waals surface area contributed by atoms with Crippen LogP contribution in [0.3, 0.4) is 0 Å². The van der Waals surface area contributed by atoms with E-state index in [1.54, 1.807) is 23.9 Å². The molecule has 0 aliphatic carbocycles. The molecule has 0 amide bonds. The third-order valence-electron chi connectivity index (χ3n) is 4.48. The summed E-state index contributed by atoms with van der Waals surface area (Å²) >= 11 is 1.72. The Hall–Kier alpha value is -2.98. The number of carbonyl (C=O) groups is 1. The summed E-state index contributed by atoms with van der Waals surface area (Å²) < 4.78 is 10.8. The van der Waals surface area contributed by atoms with Crippen molar-refractivity contribution >= 4 is 23.8 Å². The van der Waals surface area contributed by atoms with E-state index in [1.165, 1.54) is 12.0 Å². The summed E-state index contributed by atoms with van der Waals surface area (Å²) in [6, 6.07) is 23.8. The van der Waals surface area contributed by atoms with Gasteiger partial charge in [0.25, 0.3) is 0 Å². The Bertz CT molecular complexity index is 963. The first-order valence-corrected chi connectivity index (χ1v) is 10.6. The molecule has 0 spiro atoms. The van der Waals surface area contributed by atoms with Crippen molar-refractivity contribution in [2.75, 3.05) is 13.4 Å². The Morgan fingerprint density at radius 2 is 1.76 bits per heavy atom. The molecule has 4 heteroatoms. The molecular formula is C25H24O3S. The zero-order valence-electron chi connectivity index (χ0n) is 16.6. The summed E-state index contributed by atoms with van der Waals surface area (Å²) in [5.74, 6) is 0.576. The van der Waals surface area contributed by atoms with Gasteiger partial charge in [-0.25, -0.2) is 4.79 Å². The predicted molar refractivity (Wildman–Crippen MR) is 120 cm³/mol. The summed E-state index contributed by atoms with van der Waals surface area (Å²) in [5.41, 5.74) is 3.88. The highest BCUT2D eigenvalue weighted by Gasteiger charge is 2.06.